The van der Waals surface area contributed by atoms with E-state index in [4.69, 9.17) is 10.5 Å². The average molecular weight is 233 g/mol. The summed E-state index contributed by atoms with van der Waals surface area (Å²) in [6.07, 6.45) is 0. The van der Waals surface area contributed by atoms with E-state index in [1.807, 2.05) is 31.2 Å². The first-order valence-electron chi connectivity index (χ1n) is 5.35. The van der Waals surface area contributed by atoms with Gasteiger partial charge in [-0.15, -0.1) is 5.10 Å². The van der Waals surface area contributed by atoms with Gasteiger partial charge in [-0.3, -0.25) is 0 Å². The van der Waals surface area contributed by atoms with Crippen LogP contribution >= 0.6 is 0 Å². The Hall–Kier alpha value is -2.24. The predicted octanol–water partition coefficient (Wildman–Crippen LogP) is 1.19. The van der Waals surface area contributed by atoms with Crippen molar-refractivity contribution in [2.24, 2.45) is 0 Å². The zero-order chi connectivity index (χ0) is 12.1. The van der Waals surface area contributed by atoms with Crippen LogP contribution in [0.2, 0.25) is 0 Å². The standard InChI is InChI=1S/C11H15N5O/c1-8-3-2-4-9(7-8)17-6-5-13-11-14-10(12)15-16-11/h2-4,7H,5-6H2,1H3,(H4,12,13,14,15,16). The number of ether oxygens (including phenoxy) is 1. The first-order chi connectivity index (χ1) is 8.24. The molecule has 90 valence electrons. The van der Waals surface area contributed by atoms with E-state index in [1.54, 1.807) is 0 Å². The van der Waals surface area contributed by atoms with Crippen LogP contribution in [0.5, 0.6) is 5.75 Å². The van der Waals surface area contributed by atoms with Crippen molar-refractivity contribution in [2.45, 2.75) is 6.92 Å². The number of nitrogen functional groups attached to an aromatic ring is 1. The van der Waals surface area contributed by atoms with Gasteiger partial charge in [0.25, 0.3) is 0 Å². The molecule has 0 saturated heterocycles. The number of nitrogens with one attached hydrogen (secondary N) is 2. The van der Waals surface area contributed by atoms with Crippen molar-refractivity contribution in [3.05, 3.63) is 29.8 Å². The number of nitrogens with two attached hydrogens (primary N) is 1. The third-order valence-electron chi connectivity index (χ3n) is 2.15. The molecule has 0 aliphatic heterocycles. The Balaban J connectivity index is 1.73. The van der Waals surface area contributed by atoms with Crippen LogP contribution in [0.15, 0.2) is 24.3 Å². The highest BCUT2D eigenvalue weighted by Gasteiger charge is 1.98. The maximum atomic E-state index is 5.56. The zero-order valence-corrected chi connectivity index (χ0v) is 9.60. The molecule has 0 saturated carbocycles. The van der Waals surface area contributed by atoms with Gasteiger partial charge in [-0.05, 0) is 24.6 Å². The van der Waals surface area contributed by atoms with Gasteiger partial charge in [0, 0.05) is 0 Å². The minimum Gasteiger partial charge on any atom is -0.492 e. The Morgan fingerprint density at radius 1 is 1.47 bits per heavy atom. The Morgan fingerprint density at radius 3 is 3.06 bits per heavy atom. The van der Waals surface area contributed by atoms with Gasteiger partial charge in [0.15, 0.2) is 0 Å². The number of nitrogens with zero attached hydrogens (tertiary/aromatic N) is 2. The van der Waals surface area contributed by atoms with Gasteiger partial charge < -0.3 is 15.8 Å². The van der Waals surface area contributed by atoms with Gasteiger partial charge in [-0.25, -0.2) is 5.10 Å². The first kappa shape index (κ1) is 11.3. The van der Waals surface area contributed by atoms with Crippen LogP contribution in [-0.4, -0.2) is 28.3 Å². The number of hydrogen-bond donors (Lipinski definition) is 3. The Labute approximate surface area is 99.2 Å². The smallest absolute Gasteiger partial charge is 0.243 e. The summed E-state index contributed by atoms with van der Waals surface area (Å²) in [7, 11) is 0. The highest BCUT2D eigenvalue weighted by atomic mass is 16.5. The van der Waals surface area contributed by atoms with Gasteiger partial charge >= 0.3 is 0 Å². The molecule has 2 rings (SSSR count). The Kier molecular flexibility index (Phi) is 3.44. The molecule has 1 heterocycles. The molecule has 1 aromatic carbocycles. The number of aromatic amines is 1. The molecule has 0 bridgehead atoms. The number of benzene rings is 1. The fraction of sp³-hybridized carbons (Fsp3) is 0.273. The number of anilines is 2. The number of hydrogen-bond acceptors (Lipinski definition) is 5. The second kappa shape index (κ2) is 5.20. The monoisotopic (exact) mass is 233 g/mol. The quantitative estimate of drug-likeness (QED) is 0.675. The Bertz CT molecular complexity index is 482. The van der Waals surface area contributed by atoms with Crippen molar-refractivity contribution in [1.82, 2.24) is 15.2 Å². The maximum Gasteiger partial charge on any atom is 0.243 e. The van der Waals surface area contributed by atoms with Gasteiger partial charge in [-0.2, -0.15) is 4.98 Å². The van der Waals surface area contributed by atoms with Crippen LogP contribution in [0.1, 0.15) is 5.56 Å². The van der Waals surface area contributed by atoms with Crippen molar-refractivity contribution in [1.29, 1.82) is 0 Å². The summed E-state index contributed by atoms with van der Waals surface area (Å²) in [6, 6.07) is 7.91. The second-order valence-corrected chi connectivity index (χ2v) is 3.64. The maximum absolute atomic E-state index is 5.56. The largest absolute Gasteiger partial charge is 0.492 e. The van der Waals surface area contributed by atoms with E-state index in [0.717, 1.165) is 5.75 Å². The molecule has 0 fully saturated rings. The molecule has 0 spiro atoms. The predicted molar refractivity (Wildman–Crippen MR) is 66.0 cm³/mol. The van der Waals surface area contributed by atoms with Gasteiger partial charge in [-0.1, -0.05) is 12.1 Å². The van der Waals surface area contributed by atoms with Crippen LogP contribution < -0.4 is 15.8 Å². The lowest BCUT2D eigenvalue weighted by molar-refractivity contribution is 0.332. The first-order valence-corrected chi connectivity index (χ1v) is 5.35. The normalized spacial score (nSPS) is 10.2. The zero-order valence-electron chi connectivity index (χ0n) is 9.60. The number of H-pyrrole nitrogens is 1. The van der Waals surface area contributed by atoms with Gasteiger partial charge in [0.2, 0.25) is 11.9 Å². The fourth-order valence-electron chi connectivity index (χ4n) is 1.39. The van der Waals surface area contributed by atoms with Crippen molar-refractivity contribution in [2.75, 3.05) is 24.2 Å². The van der Waals surface area contributed by atoms with Crippen molar-refractivity contribution in [3.63, 3.8) is 0 Å². The fourth-order valence-corrected chi connectivity index (χ4v) is 1.39. The molecule has 1 aromatic heterocycles. The van der Waals surface area contributed by atoms with E-state index < -0.39 is 0 Å². The second-order valence-electron chi connectivity index (χ2n) is 3.64. The minimum atomic E-state index is 0.298. The molecule has 0 unspecified atom stereocenters. The summed E-state index contributed by atoms with van der Waals surface area (Å²) in [5.41, 5.74) is 6.57. The van der Waals surface area contributed by atoms with Crippen LogP contribution in [0.4, 0.5) is 11.9 Å². The van der Waals surface area contributed by atoms with E-state index in [2.05, 4.69) is 20.5 Å². The molecule has 0 aliphatic rings. The SMILES string of the molecule is Cc1cccc(OCCNc2n[nH]c(N)n2)c1. The molecule has 0 atom stereocenters. The van der Waals surface area contributed by atoms with Crippen molar-refractivity contribution >= 4 is 11.9 Å². The van der Waals surface area contributed by atoms with Crippen molar-refractivity contribution < 1.29 is 4.74 Å². The van der Waals surface area contributed by atoms with E-state index in [9.17, 15) is 0 Å². The molecule has 0 amide bonds. The van der Waals surface area contributed by atoms with Crippen molar-refractivity contribution in [3.8, 4) is 5.75 Å². The molecule has 2 aromatic rings. The highest BCUT2D eigenvalue weighted by Crippen LogP contribution is 2.11. The third-order valence-corrected chi connectivity index (χ3v) is 2.15. The molecular weight excluding hydrogens is 218 g/mol. The number of aryl methyl sites for hydroxylation is 1. The van der Waals surface area contributed by atoms with E-state index >= 15 is 0 Å². The molecule has 4 N–H and O–H groups in total. The molecule has 0 radical (unpaired) electrons. The van der Waals surface area contributed by atoms with E-state index in [0.29, 0.717) is 25.0 Å². The van der Waals surface area contributed by atoms with Gasteiger partial charge in [0.1, 0.15) is 12.4 Å². The van der Waals surface area contributed by atoms with Crippen LogP contribution in [0.3, 0.4) is 0 Å². The van der Waals surface area contributed by atoms with E-state index in [-0.39, 0.29) is 0 Å². The number of aromatic nitrogens is 3. The molecule has 6 nitrogen and oxygen atoms in total. The lowest BCUT2D eigenvalue weighted by Gasteiger charge is -2.06. The summed E-state index contributed by atoms with van der Waals surface area (Å²) in [5.74, 6) is 1.64. The van der Waals surface area contributed by atoms with E-state index in [1.165, 1.54) is 5.56 Å². The van der Waals surface area contributed by atoms with Crippen LogP contribution in [-0.2, 0) is 0 Å². The Morgan fingerprint density at radius 2 is 2.35 bits per heavy atom. The lowest BCUT2D eigenvalue weighted by atomic mass is 10.2. The minimum absolute atomic E-state index is 0.298. The average Bonchev–Trinajstić information content (AvgIpc) is 2.71. The number of rotatable bonds is 5. The van der Waals surface area contributed by atoms with Crippen LogP contribution in [0.25, 0.3) is 0 Å². The molecule has 0 aliphatic carbocycles. The topological polar surface area (TPSA) is 88.8 Å². The summed E-state index contributed by atoms with van der Waals surface area (Å²) >= 11 is 0. The lowest BCUT2D eigenvalue weighted by Crippen LogP contribution is -2.12. The highest BCUT2D eigenvalue weighted by molar-refractivity contribution is 5.30. The molecule has 17 heavy (non-hydrogen) atoms. The summed E-state index contributed by atoms with van der Waals surface area (Å²) in [6.45, 7) is 3.19. The molecule has 6 heteroatoms. The molecular formula is C11H15N5O. The summed E-state index contributed by atoms with van der Waals surface area (Å²) < 4.78 is 5.56. The summed E-state index contributed by atoms with van der Waals surface area (Å²) in [4.78, 5) is 3.91. The van der Waals surface area contributed by atoms with Crippen LogP contribution in [0, 0.1) is 6.92 Å². The van der Waals surface area contributed by atoms with Gasteiger partial charge in [0.05, 0.1) is 6.54 Å². The third kappa shape index (κ3) is 3.37. The summed E-state index contributed by atoms with van der Waals surface area (Å²) in [5, 5.41) is 9.39.